The normalized spacial score (nSPS) is 9.81. The lowest BCUT2D eigenvalue weighted by atomic mass is 10.2. The van der Waals surface area contributed by atoms with Gasteiger partial charge in [0.15, 0.2) is 0 Å². The fourth-order valence-corrected chi connectivity index (χ4v) is 1.23. The third kappa shape index (κ3) is 2.23. The van der Waals surface area contributed by atoms with Gasteiger partial charge in [0.05, 0.1) is 11.3 Å². The number of hydrogen-bond donors (Lipinski definition) is 1. The van der Waals surface area contributed by atoms with E-state index in [9.17, 15) is 9.18 Å². The van der Waals surface area contributed by atoms with Gasteiger partial charge in [-0.05, 0) is 24.3 Å². The molecule has 0 unspecified atom stereocenters. The van der Waals surface area contributed by atoms with Crippen molar-refractivity contribution in [3.8, 4) is 0 Å². The monoisotopic (exact) mass is 215 g/mol. The van der Waals surface area contributed by atoms with Gasteiger partial charge in [-0.2, -0.15) is 0 Å². The van der Waals surface area contributed by atoms with Crippen LogP contribution < -0.4 is 5.32 Å². The Hall–Kier alpha value is -2.23. The molecule has 0 saturated heterocycles. The van der Waals surface area contributed by atoms with Gasteiger partial charge in [-0.25, -0.2) is 4.39 Å². The molecule has 16 heavy (non-hydrogen) atoms. The summed E-state index contributed by atoms with van der Waals surface area (Å²) < 4.78 is 13.3. The van der Waals surface area contributed by atoms with E-state index in [-0.39, 0.29) is 5.56 Å². The third-order valence-corrected chi connectivity index (χ3v) is 1.98. The highest BCUT2D eigenvalue weighted by Crippen LogP contribution is 2.09. The highest BCUT2D eigenvalue weighted by atomic mass is 19.1. The van der Waals surface area contributed by atoms with E-state index in [2.05, 4.69) is 16.5 Å². The van der Waals surface area contributed by atoms with E-state index < -0.39 is 11.7 Å². The summed E-state index contributed by atoms with van der Waals surface area (Å²) in [4.78, 5) is 15.4. The standard InChI is InChI=1S/C12H8FN2O/c13-11-6-2-1-5-10(11)12(16)15-9-4-3-7-14-8-9/h1-7H,(H,15,16). The predicted octanol–water partition coefficient (Wildman–Crippen LogP) is 2.27. The summed E-state index contributed by atoms with van der Waals surface area (Å²) in [7, 11) is 0. The second-order valence-corrected chi connectivity index (χ2v) is 3.10. The Balaban J connectivity index is 2.19. The molecular weight excluding hydrogens is 207 g/mol. The van der Waals surface area contributed by atoms with Crippen molar-refractivity contribution in [2.24, 2.45) is 0 Å². The van der Waals surface area contributed by atoms with E-state index in [1.165, 1.54) is 18.2 Å². The zero-order valence-electron chi connectivity index (χ0n) is 8.27. The van der Waals surface area contributed by atoms with Crippen molar-refractivity contribution in [2.75, 3.05) is 5.32 Å². The van der Waals surface area contributed by atoms with Crippen LogP contribution in [0.25, 0.3) is 0 Å². The molecule has 0 aliphatic carbocycles. The van der Waals surface area contributed by atoms with E-state index in [4.69, 9.17) is 0 Å². The Morgan fingerprint density at radius 3 is 2.75 bits per heavy atom. The van der Waals surface area contributed by atoms with Crippen LogP contribution in [-0.2, 0) is 0 Å². The van der Waals surface area contributed by atoms with Crippen molar-refractivity contribution >= 4 is 11.6 Å². The number of nitrogens with zero attached hydrogens (tertiary/aromatic N) is 1. The number of carbonyl (C=O) groups excluding carboxylic acids is 1. The van der Waals surface area contributed by atoms with Gasteiger partial charge >= 0.3 is 0 Å². The summed E-state index contributed by atoms with van der Waals surface area (Å²) in [5.74, 6) is -1.06. The van der Waals surface area contributed by atoms with Crippen LogP contribution in [0.3, 0.4) is 0 Å². The summed E-state index contributed by atoms with van der Waals surface area (Å²) in [6, 6.07) is 9.08. The number of amides is 1. The summed E-state index contributed by atoms with van der Waals surface area (Å²) >= 11 is 0. The number of nitrogens with one attached hydrogen (secondary N) is 1. The first kappa shape index (κ1) is 10.3. The van der Waals surface area contributed by atoms with Crippen molar-refractivity contribution in [3.63, 3.8) is 0 Å². The molecular formula is C12H8FN2O. The molecule has 1 aromatic carbocycles. The number of anilines is 1. The van der Waals surface area contributed by atoms with E-state index in [0.717, 1.165) is 0 Å². The van der Waals surface area contributed by atoms with Crippen molar-refractivity contribution in [1.29, 1.82) is 0 Å². The topological polar surface area (TPSA) is 42.0 Å². The van der Waals surface area contributed by atoms with Crippen molar-refractivity contribution in [2.45, 2.75) is 0 Å². The minimum atomic E-state index is -0.552. The highest BCUT2D eigenvalue weighted by molar-refractivity contribution is 6.04. The second-order valence-electron chi connectivity index (χ2n) is 3.10. The molecule has 1 aromatic heterocycles. The lowest BCUT2D eigenvalue weighted by Crippen LogP contribution is -2.13. The molecule has 0 saturated carbocycles. The Bertz CT molecular complexity index is 499. The van der Waals surface area contributed by atoms with Gasteiger partial charge in [0.1, 0.15) is 12.0 Å². The van der Waals surface area contributed by atoms with Gasteiger partial charge in [-0.1, -0.05) is 12.1 Å². The molecule has 1 radical (unpaired) electrons. The average Bonchev–Trinajstić information content (AvgIpc) is 2.31. The average molecular weight is 215 g/mol. The van der Waals surface area contributed by atoms with Crippen LogP contribution in [0.15, 0.2) is 42.6 Å². The number of pyridine rings is 1. The molecule has 1 amide bonds. The summed E-state index contributed by atoms with van der Waals surface area (Å²) in [6.45, 7) is 0. The van der Waals surface area contributed by atoms with Crippen LogP contribution in [0.2, 0.25) is 0 Å². The molecule has 0 spiro atoms. The van der Waals surface area contributed by atoms with Crippen molar-refractivity contribution in [1.82, 2.24) is 4.98 Å². The quantitative estimate of drug-likeness (QED) is 0.834. The van der Waals surface area contributed by atoms with Gasteiger partial charge in [0.25, 0.3) is 5.91 Å². The Labute approximate surface area is 92.0 Å². The maximum Gasteiger partial charge on any atom is 0.258 e. The Kier molecular flexibility index (Phi) is 2.91. The number of benzene rings is 1. The molecule has 3 nitrogen and oxygen atoms in total. The van der Waals surface area contributed by atoms with Crippen molar-refractivity contribution in [3.05, 3.63) is 60.2 Å². The molecule has 79 valence electrons. The summed E-state index contributed by atoms with van der Waals surface area (Å²) in [6.07, 6.45) is 4.12. The van der Waals surface area contributed by atoms with Crippen LogP contribution in [-0.4, -0.2) is 10.9 Å². The van der Waals surface area contributed by atoms with E-state index >= 15 is 0 Å². The molecule has 1 N–H and O–H groups in total. The number of halogens is 1. The maximum absolute atomic E-state index is 13.3. The molecule has 0 atom stereocenters. The number of carbonyl (C=O) groups is 1. The van der Waals surface area contributed by atoms with E-state index in [0.29, 0.717) is 5.69 Å². The van der Waals surface area contributed by atoms with Gasteiger partial charge < -0.3 is 5.32 Å². The smallest absolute Gasteiger partial charge is 0.258 e. The Morgan fingerprint density at radius 2 is 2.06 bits per heavy atom. The molecule has 0 bridgehead atoms. The zero-order valence-corrected chi connectivity index (χ0v) is 8.27. The first-order valence-electron chi connectivity index (χ1n) is 4.66. The third-order valence-electron chi connectivity index (χ3n) is 1.98. The minimum absolute atomic E-state index is 0.000229. The van der Waals surface area contributed by atoms with E-state index in [1.807, 2.05) is 0 Å². The van der Waals surface area contributed by atoms with Crippen LogP contribution in [0.1, 0.15) is 10.4 Å². The van der Waals surface area contributed by atoms with E-state index in [1.54, 1.807) is 24.4 Å². The molecule has 1 heterocycles. The van der Waals surface area contributed by atoms with Crippen LogP contribution in [0.5, 0.6) is 0 Å². The second kappa shape index (κ2) is 4.53. The largest absolute Gasteiger partial charge is 0.320 e. The summed E-state index contributed by atoms with van der Waals surface area (Å²) in [5.41, 5.74) is 0.413. The van der Waals surface area contributed by atoms with Gasteiger partial charge in [0.2, 0.25) is 0 Å². The predicted molar refractivity (Wildman–Crippen MR) is 57.4 cm³/mol. The molecule has 4 heteroatoms. The lowest BCUT2D eigenvalue weighted by molar-refractivity contribution is 0.102. The fourth-order valence-electron chi connectivity index (χ4n) is 1.23. The van der Waals surface area contributed by atoms with Crippen LogP contribution in [0.4, 0.5) is 10.1 Å². The number of rotatable bonds is 2. The summed E-state index contributed by atoms with van der Waals surface area (Å²) in [5, 5.41) is 2.50. The van der Waals surface area contributed by atoms with Gasteiger partial charge in [-0.15, -0.1) is 0 Å². The molecule has 0 fully saturated rings. The van der Waals surface area contributed by atoms with Gasteiger partial charge in [0, 0.05) is 6.20 Å². The molecule has 0 aliphatic rings. The first-order valence-corrected chi connectivity index (χ1v) is 4.66. The number of hydrogen-bond acceptors (Lipinski definition) is 2. The highest BCUT2D eigenvalue weighted by Gasteiger charge is 2.10. The molecule has 0 aliphatic heterocycles. The molecule has 2 aromatic rings. The van der Waals surface area contributed by atoms with Gasteiger partial charge in [-0.3, -0.25) is 9.78 Å². The van der Waals surface area contributed by atoms with Crippen LogP contribution in [0, 0.1) is 12.0 Å². The molecule has 2 rings (SSSR count). The first-order chi connectivity index (χ1) is 7.77. The Morgan fingerprint density at radius 1 is 1.25 bits per heavy atom. The maximum atomic E-state index is 13.3. The fraction of sp³-hybridized carbons (Fsp3) is 0. The number of aromatic nitrogens is 1. The zero-order chi connectivity index (χ0) is 11.4. The van der Waals surface area contributed by atoms with Crippen molar-refractivity contribution < 1.29 is 9.18 Å². The van der Waals surface area contributed by atoms with Crippen LogP contribution >= 0.6 is 0 Å². The lowest BCUT2D eigenvalue weighted by Gasteiger charge is -2.04. The SMILES string of the molecule is O=C(Nc1[c]nccc1)c1ccccc1F. The minimum Gasteiger partial charge on any atom is -0.320 e.